The van der Waals surface area contributed by atoms with Crippen molar-refractivity contribution in [2.75, 3.05) is 27.7 Å². The number of nitrogens with one attached hydrogen (secondary N) is 3. The summed E-state index contributed by atoms with van der Waals surface area (Å²) in [4.78, 5) is 12.5. The highest BCUT2D eigenvalue weighted by atomic mass is 16.2. The first-order chi connectivity index (χ1) is 25.6. The minimum absolute atomic E-state index is 0.00358. The summed E-state index contributed by atoms with van der Waals surface area (Å²) in [6.07, 6.45) is 18.2. The Balaban J connectivity index is -0.000000200. The summed E-state index contributed by atoms with van der Waals surface area (Å²) in [7, 11) is 5.21. The number of allylic oxidation sites excluding steroid dienone is 3. The zero-order valence-corrected chi connectivity index (χ0v) is 38.0. The zero-order valence-electron chi connectivity index (χ0n) is 38.0. The summed E-state index contributed by atoms with van der Waals surface area (Å²) in [6, 6.07) is 8.99. The molecule has 314 valence electrons. The van der Waals surface area contributed by atoms with Gasteiger partial charge in [0.05, 0.1) is 6.04 Å². The third-order valence-electron chi connectivity index (χ3n) is 7.34. The van der Waals surface area contributed by atoms with E-state index in [-0.39, 0.29) is 18.0 Å². The van der Waals surface area contributed by atoms with Gasteiger partial charge in [-0.1, -0.05) is 123 Å². The maximum atomic E-state index is 12.5. The third kappa shape index (κ3) is 38.5. The van der Waals surface area contributed by atoms with Crippen LogP contribution in [0.1, 0.15) is 125 Å². The van der Waals surface area contributed by atoms with E-state index in [0.717, 1.165) is 56.4 Å². The van der Waals surface area contributed by atoms with Crippen LogP contribution < -0.4 is 21.8 Å². The predicted molar refractivity (Wildman–Crippen MR) is 248 cm³/mol. The van der Waals surface area contributed by atoms with Gasteiger partial charge in [0.25, 0.3) is 0 Å². The Bertz CT molecular complexity index is 1020. The van der Waals surface area contributed by atoms with E-state index in [1.807, 2.05) is 27.1 Å². The number of rotatable bonds is 10. The number of carbonyl (C=O) groups excluding carboxylic acids is 1. The highest BCUT2D eigenvalue weighted by Crippen LogP contribution is 2.35. The van der Waals surface area contributed by atoms with Crippen molar-refractivity contribution >= 4 is 5.91 Å². The smallest absolute Gasteiger partial charge is 0.239 e. The van der Waals surface area contributed by atoms with Crippen molar-refractivity contribution in [3.8, 4) is 0 Å². The van der Waals surface area contributed by atoms with E-state index in [0.29, 0.717) is 5.41 Å². The van der Waals surface area contributed by atoms with Gasteiger partial charge in [-0.05, 0) is 113 Å². The second kappa shape index (κ2) is 41.0. The molecular weight excluding hydrogens is 663 g/mol. The van der Waals surface area contributed by atoms with Gasteiger partial charge in [-0.3, -0.25) is 10.2 Å². The molecule has 2 fully saturated rings. The Labute approximate surface area is 338 Å². The number of nitrogens with two attached hydrogens (primary N) is 1. The minimum Gasteiger partial charge on any atom is -0.394 e. The number of hydrogen-bond acceptors (Lipinski definition) is 5. The highest BCUT2D eigenvalue weighted by Gasteiger charge is 2.33. The molecule has 2 unspecified atom stereocenters. The number of carbonyl (C=O) groups is 1. The van der Waals surface area contributed by atoms with Crippen LogP contribution in [0.5, 0.6) is 0 Å². The fourth-order valence-electron chi connectivity index (χ4n) is 5.14. The van der Waals surface area contributed by atoms with Crippen LogP contribution in [0.15, 0.2) is 100 Å². The Kier molecular flexibility index (Phi) is 45.6. The van der Waals surface area contributed by atoms with Gasteiger partial charge in [-0.15, -0.1) is 39.5 Å². The number of benzene rings is 1. The van der Waals surface area contributed by atoms with Gasteiger partial charge in [0.2, 0.25) is 5.91 Å². The number of fused-ring (bicyclic) bond motifs is 1. The summed E-state index contributed by atoms with van der Waals surface area (Å²) in [5, 5.41) is 8.04. The molecule has 0 radical (unpaired) electrons. The fourth-order valence-corrected chi connectivity index (χ4v) is 5.14. The first kappa shape index (κ1) is 60.1. The van der Waals surface area contributed by atoms with Crippen LogP contribution in [0, 0.1) is 23.2 Å². The minimum atomic E-state index is -0.00358. The SMILES string of the molecule is C=C.C=C.C=CC.C=CCC1Cc2ccccc2C1.C=CNC.CC(C)(C)C.CC(C)C.CCC=C(C)C(CC1CC1)NC(=O)C1CCCN1NC.CN. The normalized spacial score (nSPS) is 15.8. The lowest BCUT2D eigenvalue weighted by Gasteiger charge is -2.26. The van der Waals surface area contributed by atoms with Crippen molar-refractivity contribution in [1.82, 2.24) is 21.1 Å². The molecule has 1 heterocycles. The number of nitrogens with zero attached hydrogens (tertiary/aromatic N) is 1. The van der Waals surface area contributed by atoms with E-state index in [1.54, 1.807) is 23.4 Å². The van der Waals surface area contributed by atoms with Crippen LogP contribution in [0.25, 0.3) is 0 Å². The van der Waals surface area contributed by atoms with E-state index in [2.05, 4.69) is 166 Å². The van der Waals surface area contributed by atoms with E-state index >= 15 is 0 Å². The molecule has 1 amide bonds. The highest BCUT2D eigenvalue weighted by molar-refractivity contribution is 5.82. The van der Waals surface area contributed by atoms with Gasteiger partial charge >= 0.3 is 0 Å². The van der Waals surface area contributed by atoms with E-state index in [4.69, 9.17) is 0 Å². The molecule has 3 aliphatic rings. The molecular formula is C48H91N5O. The second-order valence-corrected chi connectivity index (χ2v) is 15.4. The van der Waals surface area contributed by atoms with Crippen molar-refractivity contribution in [1.29, 1.82) is 0 Å². The average molecular weight is 754 g/mol. The van der Waals surface area contributed by atoms with Gasteiger partial charge in [0, 0.05) is 13.6 Å². The fraction of sp³-hybridized carbons (Fsp3) is 0.604. The van der Waals surface area contributed by atoms with Crippen LogP contribution in [0.2, 0.25) is 0 Å². The molecule has 5 N–H and O–H groups in total. The molecule has 1 aromatic rings. The van der Waals surface area contributed by atoms with Crippen LogP contribution in [-0.2, 0) is 17.6 Å². The lowest BCUT2D eigenvalue weighted by molar-refractivity contribution is -0.126. The van der Waals surface area contributed by atoms with Crippen molar-refractivity contribution in [3.05, 3.63) is 111 Å². The van der Waals surface area contributed by atoms with Crippen molar-refractivity contribution in [2.45, 2.75) is 139 Å². The molecule has 54 heavy (non-hydrogen) atoms. The van der Waals surface area contributed by atoms with Crippen LogP contribution in [0.4, 0.5) is 0 Å². The topological polar surface area (TPSA) is 82.4 Å². The molecule has 1 saturated carbocycles. The summed E-state index contributed by atoms with van der Waals surface area (Å²) >= 11 is 0. The van der Waals surface area contributed by atoms with Crippen molar-refractivity contribution in [2.24, 2.45) is 28.9 Å². The predicted octanol–water partition coefficient (Wildman–Crippen LogP) is 11.6. The second-order valence-electron chi connectivity index (χ2n) is 15.4. The Morgan fingerprint density at radius 1 is 0.926 bits per heavy atom. The number of amides is 1. The molecule has 6 nitrogen and oxygen atoms in total. The van der Waals surface area contributed by atoms with Gasteiger partial charge in [0.1, 0.15) is 6.04 Å². The Morgan fingerprint density at radius 2 is 1.35 bits per heavy atom. The molecule has 2 aliphatic carbocycles. The summed E-state index contributed by atoms with van der Waals surface area (Å²) in [5.41, 5.74) is 12.5. The average Bonchev–Trinajstić information content (AvgIpc) is 3.65. The maximum absolute atomic E-state index is 12.5. The number of hydrogen-bond donors (Lipinski definition) is 4. The molecule has 2 atom stereocenters. The van der Waals surface area contributed by atoms with Gasteiger partial charge in [-0.2, -0.15) is 0 Å². The molecule has 0 bridgehead atoms. The zero-order chi connectivity index (χ0) is 43.1. The van der Waals surface area contributed by atoms with Gasteiger partial charge in [-0.25, -0.2) is 5.01 Å². The van der Waals surface area contributed by atoms with Gasteiger partial charge < -0.3 is 16.4 Å². The molecule has 6 heteroatoms. The Morgan fingerprint density at radius 3 is 1.69 bits per heavy atom. The van der Waals surface area contributed by atoms with Crippen molar-refractivity contribution in [3.63, 3.8) is 0 Å². The molecule has 1 aliphatic heterocycles. The van der Waals surface area contributed by atoms with E-state index < -0.39 is 0 Å². The first-order valence-electron chi connectivity index (χ1n) is 20.1. The quantitative estimate of drug-likeness (QED) is 0.179. The molecule has 0 aromatic heterocycles. The van der Waals surface area contributed by atoms with E-state index in [9.17, 15) is 4.79 Å². The van der Waals surface area contributed by atoms with Crippen LogP contribution in [-0.4, -0.2) is 50.7 Å². The summed E-state index contributed by atoms with van der Waals surface area (Å²) in [6.45, 7) is 44.9. The number of hydrazine groups is 1. The lowest BCUT2D eigenvalue weighted by atomic mass is 10.0. The summed E-state index contributed by atoms with van der Waals surface area (Å²) in [5.74, 6) is 2.66. The standard InChI is InChI=1S/C16H29N3O.C12H14.C5H12.C4H10.C3H7N.C3H6.2C2H4.CH5N/c1-4-6-12(2)14(11-13-8-9-13)18-16(20)15-7-5-10-19(15)17-3;1-2-5-10-8-11-6-3-4-7-12(11)9-10;1-5(2,3)4;1-4(2)3;1-3-4-2;1-3-2;3*1-2/h6,13-15,17H,4-5,7-11H2,1-3H3,(H,18,20);2-4,6-7,10H,1,5,8-9H2;1-4H3;4H,1-3H3;3-4H,1H2,2H3;3H,1H2,2H3;2*1-2H2;2H2,1H3. The molecule has 1 aromatic carbocycles. The monoisotopic (exact) mass is 754 g/mol. The molecule has 0 spiro atoms. The maximum Gasteiger partial charge on any atom is 0.239 e. The first-order valence-corrected chi connectivity index (χ1v) is 20.1. The van der Waals surface area contributed by atoms with Gasteiger partial charge in [0.15, 0.2) is 0 Å². The van der Waals surface area contributed by atoms with E-state index in [1.165, 1.54) is 38.3 Å². The summed E-state index contributed by atoms with van der Waals surface area (Å²) < 4.78 is 0. The molecule has 1 saturated heterocycles. The van der Waals surface area contributed by atoms with Crippen LogP contribution in [0.3, 0.4) is 0 Å². The Hall–Kier alpha value is -3.19. The molecule has 4 rings (SSSR count). The third-order valence-corrected chi connectivity index (χ3v) is 7.34. The largest absolute Gasteiger partial charge is 0.394 e. The van der Waals surface area contributed by atoms with Crippen LogP contribution >= 0.6 is 0 Å². The van der Waals surface area contributed by atoms with Crippen molar-refractivity contribution < 1.29 is 4.79 Å². The lowest BCUT2D eigenvalue weighted by Crippen LogP contribution is -2.50.